The Labute approximate surface area is 256 Å². The number of aryl methyl sites for hydroxylation is 1. The SMILES string of the molecule is COC(=O)C1=C(C)N(Cc2ccccc2)[C@@H]2c3c(c(=O)oc4ccccc34)N[C@@H](c3ccc(C)cc3)[C@@H]2C1c1ccccc1. The average Bonchev–Trinajstić information content (AvgIpc) is 3.06. The number of methoxy groups -OCH3 is 1. The first-order chi connectivity index (χ1) is 21.5. The minimum absolute atomic E-state index is 0.195. The summed E-state index contributed by atoms with van der Waals surface area (Å²) in [7, 11) is 1.45. The van der Waals surface area contributed by atoms with E-state index in [4.69, 9.17) is 9.15 Å². The Morgan fingerprint density at radius 2 is 1.50 bits per heavy atom. The second-order valence-electron chi connectivity index (χ2n) is 11.7. The van der Waals surface area contributed by atoms with Crippen molar-refractivity contribution in [3.8, 4) is 0 Å². The highest BCUT2D eigenvalue weighted by Gasteiger charge is 2.52. The van der Waals surface area contributed by atoms with E-state index >= 15 is 0 Å². The van der Waals surface area contributed by atoms with Gasteiger partial charge in [0.25, 0.3) is 0 Å². The Morgan fingerprint density at radius 3 is 2.20 bits per heavy atom. The fourth-order valence-corrected chi connectivity index (χ4v) is 7.27. The number of para-hydroxylation sites is 1. The highest BCUT2D eigenvalue weighted by molar-refractivity contribution is 5.92. The van der Waals surface area contributed by atoms with E-state index in [1.807, 2.05) is 67.6 Å². The van der Waals surface area contributed by atoms with Crippen LogP contribution in [0.2, 0.25) is 0 Å². The Kier molecular flexibility index (Phi) is 7.05. The number of hydrogen-bond donors (Lipinski definition) is 1. The van der Waals surface area contributed by atoms with Crippen molar-refractivity contribution in [1.29, 1.82) is 0 Å². The maximum Gasteiger partial charge on any atom is 0.360 e. The zero-order valence-electron chi connectivity index (χ0n) is 25.0. The van der Waals surface area contributed by atoms with E-state index in [0.29, 0.717) is 23.4 Å². The molecule has 1 aromatic heterocycles. The number of hydrogen-bond acceptors (Lipinski definition) is 6. The summed E-state index contributed by atoms with van der Waals surface area (Å²) in [5.41, 5.74) is 7.28. The molecule has 220 valence electrons. The fraction of sp³-hybridized carbons (Fsp3) is 0.211. The van der Waals surface area contributed by atoms with Gasteiger partial charge < -0.3 is 19.4 Å². The molecule has 7 rings (SSSR count). The average molecular weight is 583 g/mol. The predicted octanol–water partition coefficient (Wildman–Crippen LogP) is 7.67. The van der Waals surface area contributed by atoms with Gasteiger partial charge in [-0.1, -0.05) is 109 Å². The molecule has 0 aliphatic carbocycles. The van der Waals surface area contributed by atoms with Crippen molar-refractivity contribution in [2.24, 2.45) is 5.92 Å². The Balaban J connectivity index is 1.59. The molecule has 0 fully saturated rings. The highest BCUT2D eigenvalue weighted by Crippen LogP contribution is 2.59. The number of anilines is 1. The van der Waals surface area contributed by atoms with E-state index in [1.54, 1.807) is 0 Å². The third-order valence-electron chi connectivity index (χ3n) is 9.25. The molecule has 1 unspecified atom stereocenters. The number of allylic oxidation sites excluding steroid dienone is 1. The van der Waals surface area contributed by atoms with Crippen LogP contribution in [-0.2, 0) is 16.1 Å². The first-order valence-corrected chi connectivity index (χ1v) is 15.0. The number of nitrogens with one attached hydrogen (secondary N) is 1. The maximum absolute atomic E-state index is 13.8. The van der Waals surface area contributed by atoms with Crippen molar-refractivity contribution in [2.75, 3.05) is 12.4 Å². The third-order valence-corrected chi connectivity index (χ3v) is 9.25. The quantitative estimate of drug-likeness (QED) is 0.169. The molecule has 4 atom stereocenters. The standard InChI is InChI=1S/C38H34N2O4/c1-23-18-20-27(21-19-23)34-33-31(26-14-8-5-9-15-26)30(37(41)43-3)24(2)40(22-25-12-6-4-7-13-25)36(33)32-28-16-10-11-17-29(28)44-38(42)35(32)39-34/h4-21,31,33-34,36,39H,22H2,1-3H3/t31?,33-,34-,36+/m0/s1. The van der Waals surface area contributed by atoms with Gasteiger partial charge >= 0.3 is 11.6 Å². The molecule has 6 heteroatoms. The summed E-state index contributed by atoms with van der Waals surface area (Å²) in [4.78, 5) is 29.9. The number of rotatable bonds is 5. The van der Waals surface area contributed by atoms with Crippen LogP contribution in [0, 0.1) is 12.8 Å². The van der Waals surface area contributed by atoms with Gasteiger partial charge in [-0.15, -0.1) is 0 Å². The fourth-order valence-electron chi connectivity index (χ4n) is 7.27. The van der Waals surface area contributed by atoms with Gasteiger partial charge in [-0.2, -0.15) is 0 Å². The number of nitrogens with zero attached hydrogens (tertiary/aromatic N) is 1. The van der Waals surface area contributed by atoms with Crippen LogP contribution < -0.4 is 10.9 Å². The predicted molar refractivity (Wildman–Crippen MR) is 172 cm³/mol. The molecule has 3 heterocycles. The lowest BCUT2D eigenvalue weighted by atomic mass is 9.64. The van der Waals surface area contributed by atoms with Crippen LogP contribution in [0.25, 0.3) is 11.0 Å². The Bertz CT molecular complexity index is 1930. The lowest BCUT2D eigenvalue weighted by Gasteiger charge is -2.53. The van der Waals surface area contributed by atoms with Crippen LogP contribution in [0.1, 0.15) is 52.7 Å². The molecule has 4 aromatic carbocycles. The van der Waals surface area contributed by atoms with E-state index in [1.165, 1.54) is 7.11 Å². The molecule has 0 radical (unpaired) electrons. The topological polar surface area (TPSA) is 71.8 Å². The number of esters is 1. The van der Waals surface area contributed by atoms with Gasteiger partial charge in [0.2, 0.25) is 0 Å². The van der Waals surface area contributed by atoms with E-state index < -0.39 is 5.63 Å². The number of carbonyl (C=O) groups excluding carboxylic acids is 1. The minimum atomic E-state index is -0.398. The molecule has 0 saturated heterocycles. The molecule has 44 heavy (non-hydrogen) atoms. The van der Waals surface area contributed by atoms with Gasteiger partial charge in [0, 0.05) is 35.0 Å². The first-order valence-electron chi connectivity index (χ1n) is 15.0. The summed E-state index contributed by atoms with van der Waals surface area (Å²) in [6.45, 7) is 4.62. The molecule has 2 aliphatic heterocycles. The number of fused-ring (bicyclic) bond motifs is 5. The Hall–Kier alpha value is -5.10. The van der Waals surface area contributed by atoms with Crippen molar-refractivity contribution >= 4 is 22.6 Å². The zero-order valence-corrected chi connectivity index (χ0v) is 25.0. The summed E-state index contributed by atoms with van der Waals surface area (Å²) in [5, 5.41) is 4.54. The second-order valence-corrected chi connectivity index (χ2v) is 11.7. The molecule has 6 nitrogen and oxygen atoms in total. The van der Waals surface area contributed by atoms with Gasteiger partial charge in [-0.25, -0.2) is 9.59 Å². The van der Waals surface area contributed by atoms with Crippen LogP contribution in [0.4, 0.5) is 5.69 Å². The van der Waals surface area contributed by atoms with E-state index in [0.717, 1.165) is 38.9 Å². The van der Waals surface area contributed by atoms with Gasteiger partial charge in [0.15, 0.2) is 0 Å². The molecule has 0 amide bonds. The summed E-state index contributed by atoms with van der Waals surface area (Å²) < 4.78 is 11.4. The van der Waals surface area contributed by atoms with E-state index in [9.17, 15) is 9.59 Å². The van der Waals surface area contributed by atoms with Gasteiger partial charge in [0.05, 0.1) is 24.8 Å². The molecule has 2 aliphatic rings. The number of carbonyl (C=O) groups is 1. The highest BCUT2D eigenvalue weighted by atomic mass is 16.5. The van der Waals surface area contributed by atoms with Gasteiger partial charge in [-0.3, -0.25) is 0 Å². The van der Waals surface area contributed by atoms with Crippen molar-refractivity contribution in [3.05, 3.63) is 159 Å². The van der Waals surface area contributed by atoms with Crippen molar-refractivity contribution in [3.63, 3.8) is 0 Å². The van der Waals surface area contributed by atoms with Crippen LogP contribution >= 0.6 is 0 Å². The largest absolute Gasteiger partial charge is 0.466 e. The summed E-state index contributed by atoms with van der Waals surface area (Å²) in [5.74, 6) is -0.864. The minimum Gasteiger partial charge on any atom is -0.466 e. The van der Waals surface area contributed by atoms with Crippen molar-refractivity contribution < 1.29 is 13.9 Å². The monoisotopic (exact) mass is 582 g/mol. The molecule has 1 N–H and O–H groups in total. The third kappa shape index (κ3) is 4.58. The van der Waals surface area contributed by atoms with Crippen LogP contribution in [0.5, 0.6) is 0 Å². The summed E-state index contributed by atoms with van der Waals surface area (Å²) in [6.07, 6.45) is 0. The van der Waals surface area contributed by atoms with Crippen molar-refractivity contribution in [1.82, 2.24) is 4.90 Å². The van der Waals surface area contributed by atoms with Gasteiger partial charge in [0.1, 0.15) is 11.3 Å². The lowest BCUT2D eigenvalue weighted by Crippen LogP contribution is -2.49. The molecule has 5 aromatic rings. The molecular weight excluding hydrogens is 548 g/mol. The van der Waals surface area contributed by atoms with E-state index in [2.05, 4.69) is 65.7 Å². The Morgan fingerprint density at radius 1 is 0.841 bits per heavy atom. The molecule has 0 spiro atoms. The molecule has 0 bridgehead atoms. The summed E-state index contributed by atoms with van der Waals surface area (Å²) in [6, 6.07) is 36.0. The summed E-state index contributed by atoms with van der Waals surface area (Å²) >= 11 is 0. The van der Waals surface area contributed by atoms with Gasteiger partial charge in [-0.05, 0) is 36.6 Å². The maximum atomic E-state index is 13.8. The number of ether oxygens (including phenoxy) is 1. The molecule has 0 saturated carbocycles. The second kappa shape index (κ2) is 11.2. The van der Waals surface area contributed by atoms with E-state index in [-0.39, 0.29) is 29.9 Å². The normalized spacial score (nSPS) is 20.9. The molecular formula is C38H34N2O4. The van der Waals surface area contributed by atoms with Crippen LogP contribution in [0.3, 0.4) is 0 Å². The van der Waals surface area contributed by atoms with Crippen molar-refractivity contribution in [2.45, 2.75) is 38.4 Å². The zero-order chi connectivity index (χ0) is 30.4. The first kappa shape index (κ1) is 27.7. The smallest absolute Gasteiger partial charge is 0.360 e. The van der Waals surface area contributed by atoms with Crippen LogP contribution in [-0.4, -0.2) is 18.0 Å². The lowest BCUT2D eigenvalue weighted by molar-refractivity contribution is -0.137. The number of benzene rings is 4. The van der Waals surface area contributed by atoms with Crippen LogP contribution in [0.15, 0.2) is 130 Å².